The standard InChI is InChI=1S/C17H20BrN3O2/c1-12-4-2-3-8-21(12)16(22)7-9-20-11-19-15-6-5-13(18)10-14(15)17(20)23/h5-6,10-12H,2-4,7-9H2,1H3. The fourth-order valence-corrected chi connectivity index (χ4v) is 3.48. The average Bonchev–Trinajstić information content (AvgIpc) is 2.55. The van der Waals surface area contributed by atoms with Gasteiger partial charge in [0.05, 0.1) is 17.2 Å². The van der Waals surface area contributed by atoms with Gasteiger partial charge in [0.2, 0.25) is 5.91 Å². The second kappa shape index (κ2) is 6.83. The van der Waals surface area contributed by atoms with Crippen molar-refractivity contribution < 1.29 is 4.79 Å². The molecule has 2 heterocycles. The van der Waals surface area contributed by atoms with E-state index in [1.165, 1.54) is 17.3 Å². The summed E-state index contributed by atoms with van der Waals surface area (Å²) < 4.78 is 2.38. The molecule has 1 atom stereocenters. The highest BCUT2D eigenvalue weighted by Gasteiger charge is 2.22. The number of rotatable bonds is 3. The second-order valence-electron chi connectivity index (χ2n) is 6.09. The van der Waals surface area contributed by atoms with Crippen LogP contribution in [0.4, 0.5) is 0 Å². The van der Waals surface area contributed by atoms with E-state index in [0.29, 0.717) is 29.9 Å². The van der Waals surface area contributed by atoms with Crippen molar-refractivity contribution in [3.05, 3.63) is 39.4 Å². The van der Waals surface area contributed by atoms with Crippen LogP contribution in [0.3, 0.4) is 0 Å². The molecule has 1 aromatic carbocycles. The van der Waals surface area contributed by atoms with Gasteiger partial charge >= 0.3 is 0 Å². The van der Waals surface area contributed by atoms with E-state index in [4.69, 9.17) is 0 Å². The minimum atomic E-state index is -0.101. The Labute approximate surface area is 143 Å². The van der Waals surface area contributed by atoms with Gasteiger partial charge in [-0.15, -0.1) is 0 Å². The minimum absolute atomic E-state index is 0.101. The van der Waals surface area contributed by atoms with Gasteiger partial charge in [0.25, 0.3) is 5.56 Å². The van der Waals surface area contributed by atoms with Crippen LogP contribution in [0, 0.1) is 0 Å². The van der Waals surface area contributed by atoms with Gasteiger partial charge < -0.3 is 4.90 Å². The molecule has 122 valence electrons. The first-order valence-electron chi connectivity index (χ1n) is 8.00. The molecule has 0 radical (unpaired) electrons. The molecule has 3 rings (SSSR count). The van der Waals surface area contributed by atoms with Crippen LogP contribution >= 0.6 is 15.9 Å². The van der Waals surface area contributed by atoms with Crippen molar-refractivity contribution in [2.24, 2.45) is 0 Å². The molecule has 0 saturated carbocycles. The molecule has 0 spiro atoms. The van der Waals surface area contributed by atoms with Gasteiger partial charge in [-0.25, -0.2) is 4.98 Å². The predicted molar refractivity (Wildman–Crippen MR) is 93.3 cm³/mol. The maximum atomic E-state index is 12.5. The molecule has 1 aliphatic heterocycles. The number of benzene rings is 1. The lowest BCUT2D eigenvalue weighted by Crippen LogP contribution is -2.42. The van der Waals surface area contributed by atoms with Crippen molar-refractivity contribution in [2.75, 3.05) is 6.54 Å². The lowest BCUT2D eigenvalue weighted by molar-refractivity contribution is -0.134. The van der Waals surface area contributed by atoms with Crippen molar-refractivity contribution in [1.29, 1.82) is 0 Å². The molecule has 1 fully saturated rings. The predicted octanol–water partition coefficient (Wildman–Crippen LogP) is 2.95. The largest absolute Gasteiger partial charge is 0.340 e. The molecule has 1 aliphatic rings. The first-order chi connectivity index (χ1) is 11.1. The zero-order valence-electron chi connectivity index (χ0n) is 13.2. The Morgan fingerprint density at radius 1 is 1.39 bits per heavy atom. The molecule has 2 aromatic rings. The summed E-state index contributed by atoms with van der Waals surface area (Å²) in [7, 11) is 0. The van der Waals surface area contributed by atoms with Gasteiger partial charge in [-0.1, -0.05) is 15.9 Å². The second-order valence-corrected chi connectivity index (χ2v) is 7.00. The summed E-state index contributed by atoms with van der Waals surface area (Å²) in [6.45, 7) is 3.30. The monoisotopic (exact) mass is 377 g/mol. The molecule has 5 nitrogen and oxygen atoms in total. The van der Waals surface area contributed by atoms with Gasteiger partial charge in [0.15, 0.2) is 0 Å². The summed E-state index contributed by atoms with van der Waals surface area (Å²) in [4.78, 5) is 31.2. The quantitative estimate of drug-likeness (QED) is 0.825. The van der Waals surface area contributed by atoms with Crippen LogP contribution in [0.15, 0.2) is 33.8 Å². The van der Waals surface area contributed by atoms with Gasteiger partial charge in [0.1, 0.15) is 0 Å². The first kappa shape index (κ1) is 16.2. The minimum Gasteiger partial charge on any atom is -0.340 e. The number of hydrogen-bond acceptors (Lipinski definition) is 3. The molecule has 6 heteroatoms. The summed E-state index contributed by atoms with van der Waals surface area (Å²) in [6, 6.07) is 5.75. The Morgan fingerprint density at radius 2 is 2.22 bits per heavy atom. The summed E-state index contributed by atoms with van der Waals surface area (Å²) in [5.41, 5.74) is 0.571. The van der Waals surface area contributed by atoms with E-state index < -0.39 is 0 Å². The molecular weight excluding hydrogens is 358 g/mol. The molecule has 0 aliphatic carbocycles. The fourth-order valence-electron chi connectivity index (χ4n) is 3.12. The van der Waals surface area contributed by atoms with Crippen LogP contribution in [0.25, 0.3) is 10.9 Å². The maximum Gasteiger partial charge on any atom is 0.261 e. The first-order valence-corrected chi connectivity index (χ1v) is 8.80. The van der Waals surface area contributed by atoms with Crippen LogP contribution in [-0.2, 0) is 11.3 Å². The lowest BCUT2D eigenvalue weighted by atomic mass is 10.0. The van der Waals surface area contributed by atoms with Gasteiger partial charge in [-0.3, -0.25) is 14.2 Å². The molecule has 23 heavy (non-hydrogen) atoms. The van der Waals surface area contributed by atoms with Crippen molar-refractivity contribution in [3.8, 4) is 0 Å². The third kappa shape index (κ3) is 3.47. The molecule has 1 unspecified atom stereocenters. The lowest BCUT2D eigenvalue weighted by Gasteiger charge is -2.33. The molecule has 0 N–H and O–H groups in total. The van der Waals surface area contributed by atoms with Crippen molar-refractivity contribution in [3.63, 3.8) is 0 Å². The number of aromatic nitrogens is 2. The van der Waals surface area contributed by atoms with Gasteiger partial charge in [0, 0.05) is 30.0 Å². The topological polar surface area (TPSA) is 55.2 Å². The zero-order valence-corrected chi connectivity index (χ0v) is 14.8. The van der Waals surface area contributed by atoms with E-state index in [-0.39, 0.29) is 11.5 Å². The number of aryl methyl sites for hydroxylation is 1. The Bertz CT molecular complexity index is 787. The van der Waals surface area contributed by atoms with Crippen LogP contribution in [0.5, 0.6) is 0 Å². The Morgan fingerprint density at radius 3 is 3.00 bits per heavy atom. The van der Waals surface area contributed by atoms with Gasteiger partial charge in [-0.2, -0.15) is 0 Å². The van der Waals surface area contributed by atoms with Crippen molar-refractivity contribution in [1.82, 2.24) is 14.5 Å². The van der Waals surface area contributed by atoms with E-state index in [2.05, 4.69) is 27.8 Å². The van der Waals surface area contributed by atoms with Crippen molar-refractivity contribution >= 4 is 32.7 Å². The summed E-state index contributed by atoms with van der Waals surface area (Å²) >= 11 is 3.38. The number of carbonyl (C=O) groups excluding carboxylic acids is 1. The molecule has 1 saturated heterocycles. The molecule has 0 bridgehead atoms. The number of carbonyl (C=O) groups is 1. The van der Waals surface area contributed by atoms with E-state index in [1.807, 2.05) is 17.0 Å². The van der Waals surface area contributed by atoms with Crippen LogP contribution in [0.2, 0.25) is 0 Å². The number of hydrogen-bond donors (Lipinski definition) is 0. The Balaban J connectivity index is 1.75. The molecule has 1 amide bonds. The van der Waals surface area contributed by atoms with Crippen LogP contribution in [-0.4, -0.2) is 32.9 Å². The number of halogens is 1. The fraction of sp³-hybridized carbons (Fsp3) is 0.471. The van der Waals surface area contributed by atoms with Crippen molar-refractivity contribution in [2.45, 2.75) is 45.2 Å². The molecule has 1 aromatic heterocycles. The Kier molecular flexibility index (Phi) is 4.80. The normalized spacial score (nSPS) is 18.3. The summed E-state index contributed by atoms with van der Waals surface area (Å²) in [5, 5.41) is 0.570. The van der Waals surface area contributed by atoms with E-state index in [0.717, 1.165) is 23.9 Å². The number of likely N-dealkylation sites (tertiary alicyclic amines) is 1. The third-order valence-corrected chi connectivity index (χ3v) is 4.97. The summed E-state index contributed by atoms with van der Waals surface area (Å²) in [6.07, 6.45) is 5.20. The van der Waals surface area contributed by atoms with E-state index in [1.54, 1.807) is 6.07 Å². The average molecular weight is 378 g/mol. The van der Waals surface area contributed by atoms with Gasteiger partial charge in [-0.05, 0) is 44.4 Å². The SMILES string of the molecule is CC1CCCCN1C(=O)CCn1cnc2ccc(Br)cc2c1=O. The van der Waals surface area contributed by atoms with Crippen LogP contribution in [0.1, 0.15) is 32.6 Å². The zero-order chi connectivity index (χ0) is 16.4. The summed E-state index contributed by atoms with van der Waals surface area (Å²) in [5.74, 6) is 0.124. The highest BCUT2D eigenvalue weighted by molar-refractivity contribution is 9.10. The number of piperidine rings is 1. The molecular formula is C17H20BrN3O2. The highest BCUT2D eigenvalue weighted by Crippen LogP contribution is 2.18. The maximum absolute atomic E-state index is 12.5. The Hall–Kier alpha value is -1.69. The number of amides is 1. The van der Waals surface area contributed by atoms with E-state index in [9.17, 15) is 9.59 Å². The highest BCUT2D eigenvalue weighted by atomic mass is 79.9. The number of nitrogens with zero attached hydrogens (tertiary/aromatic N) is 3. The van der Waals surface area contributed by atoms with Crippen LogP contribution < -0.4 is 5.56 Å². The third-order valence-electron chi connectivity index (χ3n) is 4.48. The smallest absolute Gasteiger partial charge is 0.261 e. The number of fused-ring (bicyclic) bond motifs is 1. The van der Waals surface area contributed by atoms with E-state index >= 15 is 0 Å².